The van der Waals surface area contributed by atoms with Crippen molar-refractivity contribution in [3.05, 3.63) is 57.0 Å². The van der Waals surface area contributed by atoms with E-state index in [0.717, 1.165) is 29.1 Å². The molecule has 2 N–H and O–H groups in total. The van der Waals surface area contributed by atoms with Gasteiger partial charge in [-0.3, -0.25) is 9.59 Å². The lowest BCUT2D eigenvalue weighted by Gasteiger charge is -2.08. The molecule has 0 radical (unpaired) electrons. The quantitative estimate of drug-likeness (QED) is 0.429. The third kappa shape index (κ3) is 4.25. The van der Waals surface area contributed by atoms with Crippen LogP contribution >= 0.6 is 24.0 Å². The van der Waals surface area contributed by atoms with Gasteiger partial charge in [0.2, 0.25) is 5.82 Å². The SMILES string of the molecule is Cc1csc2nc(C(=O)NCc3cccc(OCCCS)c3)[nH]c(=O)c12. The Balaban J connectivity index is 1.67. The summed E-state index contributed by atoms with van der Waals surface area (Å²) >= 11 is 5.50. The van der Waals surface area contributed by atoms with Gasteiger partial charge in [-0.2, -0.15) is 12.6 Å². The van der Waals surface area contributed by atoms with E-state index in [-0.39, 0.29) is 11.4 Å². The standard InChI is InChI=1S/C18H19N3O3S2/c1-11-10-26-18-14(11)16(22)20-15(21-18)17(23)19-9-12-4-2-5-13(8-12)24-6-3-7-25/h2,4-5,8,10,25H,3,6-7,9H2,1H3,(H,19,23)(H,20,21,22). The van der Waals surface area contributed by atoms with Crippen LogP contribution in [0.2, 0.25) is 0 Å². The summed E-state index contributed by atoms with van der Waals surface area (Å²) in [5.74, 6) is 1.12. The molecule has 8 heteroatoms. The van der Waals surface area contributed by atoms with Gasteiger partial charge in [-0.05, 0) is 47.7 Å². The topological polar surface area (TPSA) is 84.1 Å². The second-order valence-corrected chi connectivity index (χ2v) is 7.07. The van der Waals surface area contributed by atoms with Gasteiger partial charge in [-0.1, -0.05) is 12.1 Å². The minimum atomic E-state index is -0.420. The first-order chi connectivity index (χ1) is 12.6. The summed E-state index contributed by atoms with van der Waals surface area (Å²) in [7, 11) is 0. The third-order valence-electron chi connectivity index (χ3n) is 3.77. The average Bonchev–Trinajstić information content (AvgIpc) is 3.02. The van der Waals surface area contributed by atoms with Gasteiger partial charge in [0.25, 0.3) is 11.5 Å². The van der Waals surface area contributed by atoms with Crippen molar-refractivity contribution in [3.63, 3.8) is 0 Å². The molecule has 0 fully saturated rings. The van der Waals surface area contributed by atoms with Crippen LogP contribution in [0.5, 0.6) is 5.75 Å². The van der Waals surface area contributed by atoms with E-state index >= 15 is 0 Å². The van der Waals surface area contributed by atoms with Crippen molar-refractivity contribution in [2.45, 2.75) is 19.9 Å². The van der Waals surface area contributed by atoms with Crippen molar-refractivity contribution in [1.29, 1.82) is 0 Å². The highest BCUT2D eigenvalue weighted by atomic mass is 32.1. The van der Waals surface area contributed by atoms with Crippen molar-refractivity contribution in [3.8, 4) is 5.75 Å². The Labute approximate surface area is 160 Å². The molecule has 6 nitrogen and oxygen atoms in total. The number of aromatic amines is 1. The Morgan fingerprint density at radius 3 is 3.08 bits per heavy atom. The maximum Gasteiger partial charge on any atom is 0.287 e. The summed E-state index contributed by atoms with van der Waals surface area (Å²) < 4.78 is 5.62. The summed E-state index contributed by atoms with van der Waals surface area (Å²) in [6, 6.07) is 7.52. The number of thiol groups is 1. The van der Waals surface area contributed by atoms with E-state index in [1.165, 1.54) is 11.3 Å². The number of amides is 1. The van der Waals surface area contributed by atoms with Gasteiger partial charge >= 0.3 is 0 Å². The molecule has 0 aliphatic rings. The van der Waals surface area contributed by atoms with E-state index in [1.807, 2.05) is 36.6 Å². The lowest BCUT2D eigenvalue weighted by atomic mass is 10.2. The molecule has 1 aromatic carbocycles. The average molecular weight is 390 g/mol. The number of H-pyrrole nitrogens is 1. The normalized spacial score (nSPS) is 10.8. The van der Waals surface area contributed by atoms with Crippen LogP contribution in [0.25, 0.3) is 10.2 Å². The van der Waals surface area contributed by atoms with E-state index in [9.17, 15) is 9.59 Å². The van der Waals surface area contributed by atoms with E-state index in [1.54, 1.807) is 0 Å². The van der Waals surface area contributed by atoms with Gasteiger partial charge in [0.15, 0.2) is 0 Å². The summed E-state index contributed by atoms with van der Waals surface area (Å²) in [6.07, 6.45) is 0.869. The first-order valence-corrected chi connectivity index (χ1v) is 9.68. The monoisotopic (exact) mass is 389 g/mol. The largest absolute Gasteiger partial charge is 0.494 e. The zero-order chi connectivity index (χ0) is 18.5. The van der Waals surface area contributed by atoms with Crippen LogP contribution < -0.4 is 15.6 Å². The number of hydrogen-bond acceptors (Lipinski definition) is 6. The summed E-state index contributed by atoms with van der Waals surface area (Å²) in [6.45, 7) is 2.76. The number of ether oxygens (including phenoxy) is 1. The number of aryl methyl sites for hydroxylation is 1. The number of nitrogens with zero attached hydrogens (tertiary/aromatic N) is 1. The Kier molecular flexibility index (Phi) is 5.95. The smallest absolute Gasteiger partial charge is 0.287 e. The van der Waals surface area contributed by atoms with E-state index in [2.05, 4.69) is 27.9 Å². The first-order valence-electron chi connectivity index (χ1n) is 8.17. The molecule has 0 saturated carbocycles. The number of rotatable bonds is 7. The number of hydrogen-bond donors (Lipinski definition) is 3. The molecule has 0 aliphatic heterocycles. The predicted octanol–water partition coefficient (Wildman–Crippen LogP) is 2.92. The molecular formula is C18H19N3O3S2. The first kappa shape index (κ1) is 18.5. The molecule has 0 aliphatic carbocycles. The number of carbonyl (C=O) groups excluding carboxylic acids is 1. The number of thiophene rings is 1. The van der Waals surface area contributed by atoms with Gasteiger partial charge in [0, 0.05) is 6.54 Å². The van der Waals surface area contributed by atoms with Crippen LogP contribution in [0, 0.1) is 6.92 Å². The lowest BCUT2D eigenvalue weighted by molar-refractivity contribution is 0.0940. The summed E-state index contributed by atoms with van der Waals surface area (Å²) in [4.78, 5) is 31.9. The fraction of sp³-hybridized carbons (Fsp3) is 0.278. The van der Waals surface area contributed by atoms with Crippen molar-refractivity contribution >= 4 is 40.1 Å². The molecule has 0 unspecified atom stereocenters. The second-order valence-electron chi connectivity index (χ2n) is 5.77. The van der Waals surface area contributed by atoms with E-state index in [0.29, 0.717) is 23.4 Å². The highest BCUT2D eigenvalue weighted by Crippen LogP contribution is 2.19. The van der Waals surface area contributed by atoms with Crippen molar-refractivity contribution in [2.75, 3.05) is 12.4 Å². The summed E-state index contributed by atoms with van der Waals surface area (Å²) in [5, 5.41) is 5.17. The molecule has 0 saturated heterocycles. The van der Waals surface area contributed by atoms with Gasteiger partial charge in [0.1, 0.15) is 10.6 Å². The predicted molar refractivity (Wildman–Crippen MR) is 107 cm³/mol. The molecule has 2 aromatic heterocycles. The number of carbonyl (C=O) groups is 1. The Morgan fingerprint density at radius 1 is 1.42 bits per heavy atom. The van der Waals surface area contributed by atoms with Crippen LogP contribution in [0.15, 0.2) is 34.4 Å². The number of nitrogens with one attached hydrogen (secondary N) is 2. The molecule has 26 heavy (non-hydrogen) atoms. The van der Waals surface area contributed by atoms with Gasteiger partial charge in [-0.15, -0.1) is 11.3 Å². The lowest BCUT2D eigenvalue weighted by Crippen LogP contribution is -2.27. The molecule has 0 bridgehead atoms. The zero-order valence-electron chi connectivity index (χ0n) is 14.2. The van der Waals surface area contributed by atoms with Crippen molar-refractivity contribution in [2.24, 2.45) is 0 Å². The highest BCUT2D eigenvalue weighted by molar-refractivity contribution is 7.80. The maximum atomic E-state index is 12.3. The highest BCUT2D eigenvalue weighted by Gasteiger charge is 2.13. The van der Waals surface area contributed by atoms with Crippen LogP contribution in [-0.4, -0.2) is 28.2 Å². The fourth-order valence-electron chi connectivity index (χ4n) is 2.46. The van der Waals surface area contributed by atoms with E-state index in [4.69, 9.17) is 4.74 Å². The molecule has 1 amide bonds. The van der Waals surface area contributed by atoms with Crippen molar-refractivity contribution < 1.29 is 9.53 Å². The Hall–Kier alpha value is -2.32. The molecular weight excluding hydrogens is 370 g/mol. The third-order valence-corrected chi connectivity index (χ3v) is 5.07. The minimum absolute atomic E-state index is 0.0190. The molecule has 3 rings (SSSR count). The summed E-state index contributed by atoms with van der Waals surface area (Å²) in [5.41, 5.74) is 1.47. The van der Waals surface area contributed by atoms with Gasteiger partial charge in [0.05, 0.1) is 12.0 Å². The van der Waals surface area contributed by atoms with E-state index < -0.39 is 5.91 Å². The molecule has 136 valence electrons. The number of fused-ring (bicyclic) bond motifs is 1. The van der Waals surface area contributed by atoms with Crippen LogP contribution in [-0.2, 0) is 6.54 Å². The Morgan fingerprint density at radius 2 is 2.27 bits per heavy atom. The van der Waals surface area contributed by atoms with Crippen LogP contribution in [0.3, 0.4) is 0 Å². The fourth-order valence-corrected chi connectivity index (χ4v) is 3.51. The molecule has 3 aromatic rings. The van der Waals surface area contributed by atoms with Gasteiger partial charge in [-0.25, -0.2) is 4.98 Å². The number of benzene rings is 1. The maximum absolute atomic E-state index is 12.3. The zero-order valence-corrected chi connectivity index (χ0v) is 16.0. The second kappa shape index (κ2) is 8.37. The number of aromatic nitrogens is 2. The molecule has 0 atom stereocenters. The van der Waals surface area contributed by atoms with Crippen molar-refractivity contribution in [1.82, 2.24) is 15.3 Å². The van der Waals surface area contributed by atoms with Crippen LogP contribution in [0.1, 0.15) is 28.2 Å². The molecule has 2 heterocycles. The minimum Gasteiger partial charge on any atom is -0.494 e. The van der Waals surface area contributed by atoms with Gasteiger partial charge < -0.3 is 15.0 Å². The van der Waals surface area contributed by atoms with Crippen LogP contribution in [0.4, 0.5) is 0 Å². The Bertz CT molecular complexity index is 981. The molecule has 0 spiro atoms.